The highest BCUT2D eigenvalue weighted by Crippen LogP contribution is 2.47. The molecule has 3 aliphatic rings. The summed E-state index contributed by atoms with van der Waals surface area (Å²) in [6.07, 6.45) is 9.36. The topological polar surface area (TPSA) is 34.1 Å². The lowest BCUT2D eigenvalue weighted by atomic mass is 9.95. The summed E-state index contributed by atoms with van der Waals surface area (Å²) >= 11 is 3.29. The first-order chi connectivity index (χ1) is 10.1. The molecule has 0 aromatic rings. The average Bonchev–Trinajstić information content (AvgIpc) is 3.16. The summed E-state index contributed by atoms with van der Waals surface area (Å²) in [7, 11) is 0. The molecule has 4 heteroatoms. The van der Waals surface area contributed by atoms with E-state index in [9.17, 15) is 9.59 Å². The van der Waals surface area contributed by atoms with Crippen LogP contribution in [0.1, 0.15) is 33.1 Å². The van der Waals surface area contributed by atoms with Gasteiger partial charge in [0.05, 0.1) is 0 Å². The zero-order valence-corrected chi connectivity index (χ0v) is 13.9. The number of hydrogen-bond acceptors (Lipinski definition) is 4. The van der Waals surface area contributed by atoms with Crippen LogP contribution in [0.2, 0.25) is 0 Å². The van der Waals surface area contributed by atoms with Gasteiger partial charge >= 0.3 is 0 Å². The molecule has 0 aromatic heterocycles. The fraction of sp³-hybridized carbons (Fsp3) is 0.412. The van der Waals surface area contributed by atoms with Gasteiger partial charge in [0, 0.05) is 20.3 Å². The normalized spacial score (nSPS) is 35.9. The zero-order valence-electron chi connectivity index (χ0n) is 12.2. The minimum Gasteiger partial charge on any atom is -0.297 e. The lowest BCUT2D eigenvalue weighted by Gasteiger charge is -2.14. The first-order valence-corrected chi connectivity index (χ1v) is 9.03. The van der Waals surface area contributed by atoms with E-state index in [0.29, 0.717) is 10.5 Å². The summed E-state index contributed by atoms with van der Waals surface area (Å²) < 4.78 is 0. The molecule has 0 aromatic carbocycles. The van der Waals surface area contributed by atoms with E-state index in [4.69, 9.17) is 0 Å². The third kappa shape index (κ3) is 2.71. The van der Waals surface area contributed by atoms with Crippen molar-refractivity contribution in [3.05, 3.63) is 44.3 Å². The molecular weight excluding hydrogens is 300 g/mol. The Hall–Kier alpha value is -1.000. The van der Waals surface area contributed by atoms with E-state index < -0.39 is 0 Å². The minimum atomic E-state index is 0.354. The molecule has 2 atom stereocenters. The second-order valence-electron chi connectivity index (χ2n) is 5.57. The Labute approximate surface area is 133 Å². The summed E-state index contributed by atoms with van der Waals surface area (Å²) in [5.41, 5.74) is 5.45. The van der Waals surface area contributed by atoms with Gasteiger partial charge in [-0.3, -0.25) is 9.59 Å². The fourth-order valence-corrected chi connectivity index (χ4v) is 5.31. The van der Waals surface area contributed by atoms with Gasteiger partial charge < -0.3 is 0 Å². The van der Waals surface area contributed by atoms with E-state index >= 15 is 0 Å². The van der Waals surface area contributed by atoms with E-state index in [2.05, 4.69) is 26.0 Å². The van der Waals surface area contributed by atoms with Gasteiger partial charge in [0.15, 0.2) is 12.6 Å². The molecule has 1 saturated carbocycles. The first kappa shape index (κ1) is 14.9. The molecule has 2 aliphatic heterocycles. The molecule has 3 rings (SSSR count). The van der Waals surface area contributed by atoms with Crippen molar-refractivity contribution in [2.75, 3.05) is 0 Å². The van der Waals surface area contributed by atoms with Crippen LogP contribution in [-0.4, -0.2) is 23.1 Å². The van der Waals surface area contributed by atoms with Crippen LogP contribution in [0.5, 0.6) is 0 Å². The SMILES string of the molecule is CC1SC(C=O)=CC1=C1CCCC1=C1C=C(C=O)SC1C. The number of carbonyl (C=O) groups excluding carboxylic acids is 2. The molecule has 0 radical (unpaired) electrons. The third-order valence-corrected chi connectivity index (χ3v) is 6.43. The Kier molecular flexibility index (Phi) is 4.27. The third-order valence-electron chi connectivity index (χ3n) is 4.24. The Morgan fingerprint density at radius 3 is 1.67 bits per heavy atom. The summed E-state index contributed by atoms with van der Waals surface area (Å²) in [6.45, 7) is 4.33. The molecule has 1 fully saturated rings. The predicted molar refractivity (Wildman–Crippen MR) is 90.3 cm³/mol. The van der Waals surface area contributed by atoms with E-state index in [1.54, 1.807) is 23.5 Å². The van der Waals surface area contributed by atoms with E-state index in [1.165, 1.54) is 28.7 Å². The second kappa shape index (κ2) is 6.01. The van der Waals surface area contributed by atoms with Crippen LogP contribution in [0.4, 0.5) is 0 Å². The monoisotopic (exact) mass is 318 g/mol. The van der Waals surface area contributed by atoms with Crippen molar-refractivity contribution >= 4 is 36.1 Å². The molecule has 110 valence electrons. The van der Waals surface area contributed by atoms with Crippen LogP contribution >= 0.6 is 23.5 Å². The first-order valence-electron chi connectivity index (χ1n) is 7.27. The molecule has 0 saturated heterocycles. The molecule has 1 aliphatic carbocycles. The summed E-state index contributed by atoms with van der Waals surface area (Å²) in [5.74, 6) is 0. The van der Waals surface area contributed by atoms with Crippen molar-refractivity contribution in [3.63, 3.8) is 0 Å². The van der Waals surface area contributed by atoms with Crippen LogP contribution < -0.4 is 0 Å². The average molecular weight is 318 g/mol. The van der Waals surface area contributed by atoms with E-state index in [1.807, 2.05) is 0 Å². The van der Waals surface area contributed by atoms with Gasteiger partial charge in [-0.05, 0) is 67.6 Å². The summed E-state index contributed by atoms with van der Waals surface area (Å²) in [5, 5.41) is 0.709. The second-order valence-corrected chi connectivity index (χ2v) is 8.40. The molecule has 0 N–H and O–H groups in total. The molecule has 2 heterocycles. The fourth-order valence-electron chi connectivity index (χ4n) is 3.31. The Morgan fingerprint density at radius 2 is 1.33 bits per heavy atom. The van der Waals surface area contributed by atoms with Gasteiger partial charge in [0.2, 0.25) is 0 Å². The van der Waals surface area contributed by atoms with Crippen molar-refractivity contribution in [3.8, 4) is 0 Å². The van der Waals surface area contributed by atoms with E-state index in [-0.39, 0.29) is 0 Å². The Bertz CT molecular complexity index is 569. The maximum Gasteiger partial charge on any atom is 0.156 e. The van der Waals surface area contributed by atoms with Crippen molar-refractivity contribution < 1.29 is 9.59 Å². The van der Waals surface area contributed by atoms with Crippen molar-refractivity contribution in [1.29, 1.82) is 0 Å². The van der Waals surface area contributed by atoms with Crippen molar-refractivity contribution in [1.82, 2.24) is 0 Å². The smallest absolute Gasteiger partial charge is 0.156 e. The molecule has 0 bridgehead atoms. The highest BCUT2D eigenvalue weighted by Gasteiger charge is 2.30. The molecule has 21 heavy (non-hydrogen) atoms. The van der Waals surface area contributed by atoms with Gasteiger partial charge in [0.25, 0.3) is 0 Å². The van der Waals surface area contributed by atoms with Crippen LogP contribution in [0.3, 0.4) is 0 Å². The van der Waals surface area contributed by atoms with Crippen LogP contribution in [-0.2, 0) is 9.59 Å². The molecule has 0 amide bonds. The quantitative estimate of drug-likeness (QED) is 0.715. The number of thioether (sulfide) groups is 2. The van der Waals surface area contributed by atoms with Crippen LogP contribution in [0.25, 0.3) is 0 Å². The number of aldehydes is 2. The van der Waals surface area contributed by atoms with E-state index in [0.717, 1.165) is 35.2 Å². The lowest BCUT2D eigenvalue weighted by Crippen LogP contribution is -2.02. The maximum atomic E-state index is 11.0. The van der Waals surface area contributed by atoms with Gasteiger partial charge in [-0.1, -0.05) is 0 Å². The highest BCUT2D eigenvalue weighted by molar-refractivity contribution is 8.05. The zero-order chi connectivity index (χ0) is 15.0. The molecule has 0 spiro atoms. The Balaban J connectivity index is 2.08. The molecule has 2 nitrogen and oxygen atoms in total. The summed E-state index contributed by atoms with van der Waals surface area (Å²) in [4.78, 5) is 23.7. The predicted octanol–water partition coefficient (Wildman–Crippen LogP) is 4.20. The number of hydrogen-bond donors (Lipinski definition) is 0. The van der Waals surface area contributed by atoms with Crippen LogP contribution in [0.15, 0.2) is 44.3 Å². The van der Waals surface area contributed by atoms with Gasteiger partial charge in [0.1, 0.15) is 0 Å². The van der Waals surface area contributed by atoms with Crippen molar-refractivity contribution in [2.24, 2.45) is 0 Å². The minimum absolute atomic E-state index is 0.354. The number of rotatable bonds is 2. The number of allylic oxidation sites excluding steroid dienone is 6. The lowest BCUT2D eigenvalue weighted by molar-refractivity contribution is -0.105. The maximum absolute atomic E-state index is 11.0. The number of carbonyl (C=O) groups is 2. The Morgan fingerprint density at radius 1 is 0.905 bits per heavy atom. The van der Waals surface area contributed by atoms with Gasteiger partial charge in [-0.15, -0.1) is 23.5 Å². The molecule has 2 unspecified atom stereocenters. The standard InChI is InChI=1S/C17H18O2S2/c1-10-16(6-12(8-18)20-10)14-4-3-5-15(14)17-7-13(9-19)21-11(17)2/h6-11H,3-5H2,1-2H3. The largest absolute Gasteiger partial charge is 0.297 e. The highest BCUT2D eigenvalue weighted by atomic mass is 32.2. The molecular formula is C17H18O2S2. The van der Waals surface area contributed by atoms with Gasteiger partial charge in [-0.25, -0.2) is 0 Å². The van der Waals surface area contributed by atoms with Crippen LogP contribution in [0, 0.1) is 0 Å². The van der Waals surface area contributed by atoms with Crippen molar-refractivity contribution in [2.45, 2.75) is 43.6 Å². The van der Waals surface area contributed by atoms with Gasteiger partial charge in [-0.2, -0.15) is 0 Å². The summed E-state index contributed by atoms with van der Waals surface area (Å²) in [6, 6.07) is 0.